The average Bonchev–Trinajstić information content (AvgIpc) is 2.89. The molecule has 0 saturated heterocycles. The molecule has 6 nitrogen and oxygen atoms in total. The Bertz CT molecular complexity index is 817. The Balaban J connectivity index is 1.78. The van der Waals surface area contributed by atoms with E-state index in [1.165, 1.54) is 49.7 Å². The number of carbonyl (C=O) groups excluding carboxylic acids is 2. The van der Waals surface area contributed by atoms with Crippen molar-refractivity contribution in [2.24, 2.45) is 5.92 Å². The van der Waals surface area contributed by atoms with Gasteiger partial charge in [-0.3, -0.25) is 9.78 Å². The van der Waals surface area contributed by atoms with Crippen molar-refractivity contribution in [1.29, 1.82) is 0 Å². The molecule has 0 aliphatic heterocycles. The maximum atomic E-state index is 12.3. The summed E-state index contributed by atoms with van der Waals surface area (Å²) in [5, 5.41) is 0. The van der Waals surface area contributed by atoms with Gasteiger partial charge >= 0.3 is 18.2 Å². The lowest BCUT2D eigenvalue weighted by Crippen LogP contribution is -2.20. The smallest absolute Gasteiger partial charge is 0.289 e. The minimum absolute atomic E-state index is 0.239. The maximum Gasteiger partial charge on any atom is 0.373 e. The van der Waals surface area contributed by atoms with Crippen LogP contribution in [0, 0.1) is 19.1 Å². The van der Waals surface area contributed by atoms with Crippen LogP contribution in [0.4, 0.5) is 0 Å². The third kappa shape index (κ3) is 10.9. The molecule has 0 fully saturated rings. The number of hydrogen-bond acceptors (Lipinski definition) is 6. The van der Waals surface area contributed by atoms with Crippen molar-refractivity contribution in [3.63, 3.8) is 0 Å². The normalized spacial score (nSPS) is 11.2. The van der Waals surface area contributed by atoms with Gasteiger partial charge in [-0.15, -0.1) is 9.78 Å². The molecule has 0 heterocycles. The zero-order valence-corrected chi connectivity index (χ0v) is 21.9. The minimum atomic E-state index is -0.685. The van der Waals surface area contributed by atoms with E-state index < -0.39 is 17.9 Å². The highest BCUT2D eigenvalue weighted by atomic mass is 17.3. The molecule has 0 aromatic heterocycles. The zero-order valence-electron chi connectivity index (χ0n) is 21.9. The topological polar surface area (TPSA) is 71.1 Å². The molecule has 2 aromatic rings. The van der Waals surface area contributed by atoms with E-state index in [0.29, 0.717) is 11.1 Å². The van der Waals surface area contributed by atoms with E-state index >= 15 is 0 Å². The molecule has 0 amide bonds. The molecule has 0 aliphatic rings. The van der Waals surface area contributed by atoms with Gasteiger partial charge < -0.3 is 0 Å². The van der Waals surface area contributed by atoms with Crippen LogP contribution in [-0.2, 0) is 32.4 Å². The molecule has 2 aromatic carbocycles. The predicted molar refractivity (Wildman–Crippen MR) is 139 cm³/mol. The molecule has 0 aliphatic carbocycles. The number of benzene rings is 2. The molecule has 196 valence electrons. The highest BCUT2D eigenvalue weighted by molar-refractivity contribution is 5.89. The summed E-state index contributed by atoms with van der Waals surface area (Å²) in [7, 11) is 0. The van der Waals surface area contributed by atoms with Gasteiger partial charge in [0.25, 0.3) is 0 Å². The molecule has 1 unspecified atom stereocenters. The second-order valence-electron chi connectivity index (χ2n) is 9.14. The quantitative estimate of drug-likeness (QED) is 0.127. The first kappa shape index (κ1) is 29.5. The van der Waals surface area contributed by atoms with Crippen LogP contribution in [0.1, 0.15) is 104 Å². The standard InChI is InChI=1S/C30H40O6/c1-5-7-9-11-13-24-15-19-26(20-16-24)28(31)33-35-30(23(3)4)36-34-29(32)27-21-17-25(18-22-27)14-12-10-8-6-2/h15-23H,3,5-14H2,1-2,4H3. The molecule has 0 bridgehead atoms. The Kier molecular flexibility index (Phi) is 13.8. The van der Waals surface area contributed by atoms with Crippen LogP contribution in [0.15, 0.2) is 48.5 Å². The maximum absolute atomic E-state index is 12.3. The Hall–Kier alpha value is -2.70. The summed E-state index contributed by atoms with van der Waals surface area (Å²) in [6.07, 6.45) is 11.2. The van der Waals surface area contributed by atoms with Gasteiger partial charge in [-0.25, -0.2) is 9.59 Å². The van der Waals surface area contributed by atoms with Crippen molar-refractivity contribution >= 4 is 11.9 Å². The highest BCUT2D eigenvalue weighted by Crippen LogP contribution is 2.20. The van der Waals surface area contributed by atoms with Crippen molar-refractivity contribution in [2.45, 2.75) is 85.0 Å². The van der Waals surface area contributed by atoms with Gasteiger partial charge in [0.15, 0.2) is 0 Å². The summed E-state index contributed by atoms with van der Waals surface area (Å²) < 4.78 is 0. The number of aryl methyl sites for hydroxylation is 2. The lowest BCUT2D eigenvalue weighted by Gasteiger charge is -2.16. The summed E-state index contributed by atoms with van der Waals surface area (Å²) in [5.74, 6) is -1.94. The van der Waals surface area contributed by atoms with Crippen molar-refractivity contribution in [3.8, 4) is 0 Å². The molecular formula is C30H40O6. The van der Waals surface area contributed by atoms with Crippen LogP contribution in [-0.4, -0.2) is 11.9 Å². The molecule has 2 rings (SSSR count). The lowest BCUT2D eigenvalue weighted by atomic mass is 10.0. The first-order valence-electron chi connectivity index (χ1n) is 13.1. The van der Waals surface area contributed by atoms with Gasteiger partial charge in [0, 0.05) is 5.92 Å². The van der Waals surface area contributed by atoms with Crippen molar-refractivity contribution in [2.75, 3.05) is 0 Å². The molecule has 0 saturated carbocycles. The summed E-state index contributed by atoms with van der Waals surface area (Å²) >= 11 is 0. The first-order valence-corrected chi connectivity index (χ1v) is 13.1. The number of unbranched alkanes of at least 4 members (excludes halogenated alkanes) is 6. The van der Waals surface area contributed by atoms with E-state index in [0.717, 1.165) is 25.7 Å². The lowest BCUT2D eigenvalue weighted by molar-refractivity contribution is -0.369. The van der Waals surface area contributed by atoms with Gasteiger partial charge in [0.05, 0.1) is 11.1 Å². The van der Waals surface area contributed by atoms with Gasteiger partial charge in [0.1, 0.15) is 0 Å². The molecule has 0 N–H and O–H groups in total. The van der Waals surface area contributed by atoms with E-state index in [1.807, 2.05) is 24.3 Å². The summed E-state index contributed by atoms with van der Waals surface area (Å²) in [6, 6.07) is 14.4. The third-order valence-corrected chi connectivity index (χ3v) is 5.82. The molecule has 6 heteroatoms. The number of hydrogen-bond donors (Lipinski definition) is 0. The molecular weight excluding hydrogens is 456 g/mol. The minimum Gasteiger partial charge on any atom is -0.289 e. The fourth-order valence-corrected chi connectivity index (χ4v) is 3.56. The zero-order chi connectivity index (χ0) is 26.2. The van der Waals surface area contributed by atoms with Crippen LogP contribution in [0.2, 0.25) is 0 Å². The Morgan fingerprint density at radius 3 is 1.36 bits per heavy atom. The van der Waals surface area contributed by atoms with E-state index in [-0.39, 0.29) is 6.29 Å². The predicted octanol–water partition coefficient (Wildman–Crippen LogP) is 7.77. The van der Waals surface area contributed by atoms with E-state index in [2.05, 4.69) is 20.8 Å². The van der Waals surface area contributed by atoms with E-state index in [9.17, 15) is 9.59 Å². The van der Waals surface area contributed by atoms with E-state index in [1.54, 1.807) is 31.2 Å². The van der Waals surface area contributed by atoms with Crippen LogP contribution in [0.25, 0.3) is 0 Å². The summed E-state index contributed by atoms with van der Waals surface area (Å²) in [5.41, 5.74) is 3.02. The first-order chi connectivity index (χ1) is 17.4. The summed E-state index contributed by atoms with van der Waals surface area (Å²) in [4.78, 5) is 44.5. The fourth-order valence-electron chi connectivity index (χ4n) is 3.56. The Morgan fingerprint density at radius 1 is 0.639 bits per heavy atom. The van der Waals surface area contributed by atoms with Crippen molar-refractivity contribution < 1.29 is 29.1 Å². The number of rotatable bonds is 17. The fraction of sp³-hybridized carbons (Fsp3) is 0.467. The largest absolute Gasteiger partial charge is 0.373 e. The monoisotopic (exact) mass is 496 g/mol. The van der Waals surface area contributed by atoms with Gasteiger partial charge in [0.2, 0.25) is 0 Å². The van der Waals surface area contributed by atoms with E-state index in [4.69, 9.17) is 19.6 Å². The van der Waals surface area contributed by atoms with Gasteiger partial charge in [-0.2, -0.15) is 0 Å². The average molecular weight is 497 g/mol. The van der Waals surface area contributed by atoms with Crippen LogP contribution < -0.4 is 0 Å². The van der Waals surface area contributed by atoms with Crippen molar-refractivity contribution in [1.82, 2.24) is 0 Å². The Morgan fingerprint density at radius 2 is 1.03 bits per heavy atom. The van der Waals surface area contributed by atoms with Crippen molar-refractivity contribution in [3.05, 3.63) is 84.0 Å². The molecule has 1 atom stereocenters. The van der Waals surface area contributed by atoms with Crippen LogP contribution in [0.5, 0.6) is 0 Å². The molecule has 36 heavy (non-hydrogen) atoms. The third-order valence-electron chi connectivity index (χ3n) is 5.82. The van der Waals surface area contributed by atoms with Gasteiger partial charge in [-0.1, -0.05) is 83.6 Å². The van der Waals surface area contributed by atoms with Crippen LogP contribution in [0.3, 0.4) is 0 Å². The Labute approximate surface area is 216 Å². The number of carbonyl (C=O) groups is 2. The SMILES string of the molecule is [CH2]C(C)[C](OOC(=O)c1ccc(CCCCCC)cc1)OOC(=O)c1ccc(CCCCCC)cc1. The highest BCUT2D eigenvalue weighted by Gasteiger charge is 2.25. The second-order valence-corrected chi connectivity index (χ2v) is 9.14. The summed E-state index contributed by atoms with van der Waals surface area (Å²) in [6.45, 7) is 9.80. The molecule has 2 radical (unpaired) electrons. The molecule has 0 spiro atoms. The van der Waals surface area contributed by atoms with Gasteiger partial charge in [-0.05, 0) is 68.0 Å². The van der Waals surface area contributed by atoms with Crippen LogP contribution >= 0.6 is 0 Å². The second kappa shape index (κ2) is 16.9.